The maximum atomic E-state index is 13.3. The Balaban J connectivity index is 1.43. The Kier molecular flexibility index (Phi) is 4.55. The third kappa shape index (κ3) is 3.69. The lowest BCUT2D eigenvalue weighted by molar-refractivity contribution is 0.627. The predicted octanol–water partition coefficient (Wildman–Crippen LogP) is 2.48. The molecular weight excluding hydrogens is 333 g/mol. The number of halogens is 1. The van der Waals surface area contributed by atoms with E-state index >= 15 is 0 Å². The summed E-state index contributed by atoms with van der Waals surface area (Å²) in [6.45, 7) is 3.16. The zero-order valence-corrected chi connectivity index (χ0v) is 14.1. The lowest BCUT2D eigenvalue weighted by Gasteiger charge is -2.34. The average molecular weight is 351 g/mol. The predicted molar refractivity (Wildman–Crippen MR) is 98.2 cm³/mol. The van der Waals surface area contributed by atoms with Crippen molar-refractivity contribution in [3.8, 4) is 0 Å². The van der Waals surface area contributed by atoms with Crippen LogP contribution in [0.15, 0.2) is 55.0 Å². The first-order chi connectivity index (χ1) is 12.8. The van der Waals surface area contributed by atoms with Crippen molar-refractivity contribution in [3.05, 3.63) is 60.8 Å². The van der Waals surface area contributed by atoms with E-state index in [1.807, 2.05) is 6.07 Å². The van der Waals surface area contributed by atoms with Gasteiger partial charge in [-0.05, 0) is 30.3 Å². The molecule has 1 N–H and O–H groups in total. The second kappa shape index (κ2) is 7.30. The molecular formula is C18H18FN7. The highest BCUT2D eigenvalue weighted by Crippen LogP contribution is 2.19. The first-order valence-corrected chi connectivity index (χ1v) is 8.40. The quantitative estimate of drug-likeness (QED) is 0.774. The lowest BCUT2D eigenvalue weighted by atomic mass is 10.3. The fourth-order valence-corrected chi connectivity index (χ4v) is 2.85. The molecule has 1 aliphatic rings. The van der Waals surface area contributed by atoms with Crippen molar-refractivity contribution in [1.82, 2.24) is 19.9 Å². The van der Waals surface area contributed by atoms with Crippen LogP contribution in [0, 0.1) is 5.82 Å². The van der Waals surface area contributed by atoms with E-state index in [-0.39, 0.29) is 5.82 Å². The molecule has 0 radical (unpaired) electrons. The van der Waals surface area contributed by atoms with Gasteiger partial charge in [-0.25, -0.2) is 19.3 Å². The highest BCUT2D eigenvalue weighted by molar-refractivity contribution is 5.57. The third-order valence-corrected chi connectivity index (χ3v) is 4.14. The van der Waals surface area contributed by atoms with Gasteiger partial charge < -0.3 is 15.1 Å². The van der Waals surface area contributed by atoms with Gasteiger partial charge in [0.2, 0.25) is 11.9 Å². The Labute approximate surface area is 150 Å². The van der Waals surface area contributed by atoms with Crippen LogP contribution in [0.5, 0.6) is 0 Å². The van der Waals surface area contributed by atoms with Gasteiger partial charge in [0.05, 0.1) is 0 Å². The molecule has 3 heterocycles. The molecule has 1 aliphatic heterocycles. The Hall–Kier alpha value is -3.29. The summed E-state index contributed by atoms with van der Waals surface area (Å²) in [5.74, 6) is 1.74. The summed E-state index contributed by atoms with van der Waals surface area (Å²) < 4.78 is 13.3. The Morgan fingerprint density at radius 3 is 2.23 bits per heavy atom. The molecule has 0 bridgehead atoms. The number of rotatable bonds is 4. The molecule has 0 unspecified atom stereocenters. The normalized spacial score (nSPS) is 14.3. The van der Waals surface area contributed by atoms with Gasteiger partial charge in [-0.1, -0.05) is 6.07 Å². The molecule has 132 valence electrons. The zero-order valence-electron chi connectivity index (χ0n) is 14.1. The Morgan fingerprint density at radius 2 is 1.50 bits per heavy atom. The van der Waals surface area contributed by atoms with E-state index in [1.165, 1.54) is 12.1 Å². The second-order valence-corrected chi connectivity index (χ2v) is 5.90. The molecule has 8 heteroatoms. The number of piperazine rings is 1. The third-order valence-electron chi connectivity index (χ3n) is 4.14. The standard InChI is InChI=1S/C18H18FN7/c19-14-3-1-4-15(13-14)23-16-5-8-22-18(24-16)26-11-9-25(10-12-26)17-20-6-2-7-21-17/h1-8,13H,9-12H2,(H,22,23,24). The van der Waals surface area contributed by atoms with E-state index in [1.54, 1.807) is 36.8 Å². The highest BCUT2D eigenvalue weighted by Gasteiger charge is 2.20. The first-order valence-electron chi connectivity index (χ1n) is 8.40. The van der Waals surface area contributed by atoms with Crippen molar-refractivity contribution in [1.29, 1.82) is 0 Å². The average Bonchev–Trinajstić information content (AvgIpc) is 2.69. The van der Waals surface area contributed by atoms with Crippen LogP contribution < -0.4 is 15.1 Å². The van der Waals surface area contributed by atoms with Crippen LogP contribution in [0.3, 0.4) is 0 Å². The second-order valence-electron chi connectivity index (χ2n) is 5.90. The molecule has 3 aromatic rings. The summed E-state index contributed by atoms with van der Waals surface area (Å²) in [5.41, 5.74) is 0.653. The molecule has 0 atom stereocenters. The van der Waals surface area contributed by atoms with Gasteiger partial charge in [0.1, 0.15) is 11.6 Å². The van der Waals surface area contributed by atoms with Crippen molar-refractivity contribution in [2.24, 2.45) is 0 Å². The van der Waals surface area contributed by atoms with Crippen molar-refractivity contribution >= 4 is 23.4 Å². The number of aromatic nitrogens is 4. The minimum absolute atomic E-state index is 0.288. The molecule has 26 heavy (non-hydrogen) atoms. The van der Waals surface area contributed by atoms with Crippen LogP contribution in [-0.2, 0) is 0 Å². The fourth-order valence-electron chi connectivity index (χ4n) is 2.85. The van der Waals surface area contributed by atoms with E-state index < -0.39 is 0 Å². The molecule has 7 nitrogen and oxygen atoms in total. The van der Waals surface area contributed by atoms with Crippen LogP contribution in [0.2, 0.25) is 0 Å². The first kappa shape index (κ1) is 16.2. The molecule has 1 fully saturated rings. The summed E-state index contributed by atoms with van der Waals surface area (Å²) in [7, 11) is 0. The number of nitrogens with one attached hydrogen (secondary N) is 1. The van der Waals surface area contributed by atoms with Crippen molar-refractivity contribution in [2.75, 3.05) is 41.3 Å². The summed E-state index contributed by atoms with van der Waals surface area (Å²) >= 11 is 0. The van der Waals surface area contributed by atoms with Crippen molar-refractivity contribution < 1.29 is 4.39 Å². The smallest absolute Gasteiger partial charge is 0.227 e. The molecule has 0 spiro atoms. The number of nitrogens with zero attached hydrogens (tertiary/aromatic N) is 6. The van der Waals surface area contributed by atoms with E-state index in [2.05, 4.69) is 35.1 Å². The fraction of sp³-hybridized carbons (Fsp3) is 0.222. The lowest BCUT2D eigenvalue weighted by Crippen LogP contribution is -2.47. The van der Waals surface area contributed by atoms with Gasteiger partial charge in [0.15, 0.2) is 0 Å². The Morgan fingerprint density at radius 1 is 0.808 bits per heavy atom. The summed E-state index contributed by atoms with van der Waals surface area (Å²) in [6, 6.07) is 9.87. The van der Waals surface area contributed by atoms with Gasteiger partial charge in [0, 0.05) is 50.5 Å². The van der Waals surface area contributed by atoms with E-state index in [9.17, 15) is 4.39 Å². The van der Waals surface area contributed by atoms with Gasteiger partial charge in [0.25, 0.3) is 0 Å². The Bertz CT molecular complexity index is 866. The largest absolute Gasteiger partial charge is 0.340 e. The number of hydrogen-bond donors (Lipinski definition) is 1. The van der Waals surface area contributed by atoms with Crippen LogP contribution in [0.1, 0.15) is 0 Å². The molecule has 0 amide bonds. The molecule has 0 aliphatic carbocycles. The monoisotopic (exact) mass is 351 g/mol. The van der Waals surface area contributed by atoms with Crippen LogP contribution >= 0.6 is 0 Å². The summed E-state index contributed by atoms with van der Waals surface area (Å²) in [5, 5.41) is 3.11. The van der Waals surface area contributed by atoms with Gasteiger partial charge >= 0.3 is 0 Å². The van der Waals surface area contributed by atoms with Gasteiger partial charge in [-0.15, -0.1) is 0 Å². The van der Waals surface area contributed by atoms with E-state index in [0.717, 1.165) is 32.1 Å². The summed E-state index contributed by atoms with van der Waals surface area (Å²) in [4.78, 5) is 21.8. The summed E-state index contributed by atoms with van der Waals surface area (Å²) in [6.07, 6.45) is 5.20. The minimum atomic E-state index is -0.288. The van der Waals surface area contributed by atoms with Crippen molar-refractivity contribution in [2.45, 2.75) is 0 Å². The SMILES string of the molecule is Fc1cccc(Nc2ccnc(N3CCN(c4ncccn4)CC3)n2)c1. The maximum Gasteiger partial charge on any atom is 0.227 e. The molecule has 0 saturated carbocycles. The highest BCUT2D eigenvalue weighted by atomic mass is 19.1. The zero-order chi connectivity index (χ0) is 17.8. The van der Waals surface area contributed by atoms with Crippen LogP contribution in [0.25, 0.3) is 0 Å². The number of anilines is 4. The van der Waals surface area contributed by atoms with Crippen LogP contribution in [-0.4, -0.2) is 46.1 Å². The van der Waals surface area contributed by atoms with E-state index in [4.69, 9.17) is 0 Å². The molecule has 2 aromatic heterocycles. The van der Waals surface area contributed by atoms with Crippen molar-refractivity contribution in [3.63, 3.8) is 0 Å². The van der Waals surface area contributed by atoms with Gasteiger partial charge in [-0.3, -0.25) is 0 Å². The maximum absolute atomic E-state index is 13.3. The number of benzene rings is 1. The molecule has 1 saturated heterocycles. The van der Waals surface area contributed by atoms with Gasteiger partial charge in [-0.2, -0.15) is 4.98 Å². The molecule has 1 aromatic carbocycles. The minimum Gasteiger partial charge on any atom is -0.340 e. The topological polar surface area (TPSA) is 70.1 Å². The van der Waals surface area contributed by atoms with E-state index in [0.29, 0.717) is 17.5 Å². The molecule has 4 rings (SSSR count). The van der Waals surface area contributed by atoms with Crippen LogP contribution in [0.4, 0.5) is 27.8 Å². The number of hydrogen-bond acceptors (Lipinski definition) is 7.